The van der Waals surface area contributed by atoms with Crippen LogP contribution in [0, 0.1) is 0 Å². The second kappa shape index (κ2) is 9.24. The number of rotatable bonds is 9. The van der Waals surface area contributed by atoms with E-state index in [9.17, 15) is 13.2 Å². The van der Waals surface area contributed by atoms with E-state index in [1.165, 1.54) is 0 Å². The molecule has 0 unspecified atom stereocenters. The first kappa shape index (κ1) is 20.7. The van der Waals surface area contributed by atoms with Crippen LogP contribution in [0.3, 0.4) is 0 Å². The zero-order valence-corrected chi connectivity index (χ0v) is 16.7. The molecule has 1 aromatic rings. The van der Waals surface area contributed by atoms with Crippen LogP contribution in [0.4, 0.5) is 5.69 Å². The number of hydrogen-bond acceptors (Lipinski definition) is 6. The summed E-state index contributed by atoms with van der Waals surface area (Å²) in [6.45, 7) is 3.05. The summed E-state index contributed by atoms with van der Waals surface area (Å²) >= 11 is 3.27. The van der Waals surface area contributed by atoms with Crippen LogP contribution in [0.25, 0.3) is 0 Å². The smallest absolute Gasteiger partial charge is 0.342 e. The van der Waals surface area contributed by atoms with Crippen molar-refractivity contribution in [2.45, 2.75) is 13.3 Å². The number of nitrogens with zero attached hydrogens (tertiary/aromatic N) is 1. The number of sulfonamides is 1. The van der Waals surface area contributed by atoms with Gasteiger partial charge >= 0.3 is 5.97 Å². The number of halogens is 1. The van der Waals surface area contributed by atoms with Gasteiger partial charge in [0.25, 0.3) is 0 Å². The highest BCUT2D eigenvalue weighted by molar-refractivity contribution is 9.10. The molecule has 0 aliphatic carbocycles. The summed E-state index contributed by atoms with van der Waals surface area (Å²) in [6.07, 6.45) is 1.76. The van der Waals surface area contributed by atoms with Crippen molar-refractivity contribution in [1.82, 2.24) is 4.90 Å². The Labute approximate surface area is 151 Å². The third-order valence-electron chi connectivity index (χ3n) is 2.84. The van der Waals surface area contributed by atoms with Crippen LogP contribution in [-0.2, 0) is 14.8 Å². The van der Waals surface area contributed by atoms with Gasteiger partial charge in [-0.15, -0.1) is 0 Å². The Morgan fingerprint density at radius 1 is 1.33 bits per heavy atom. The first-order valence-electron chi connectivity index (χ1n) is 7.40. The molecule has 9 heteroatoms. The largest absolute Gasteiger partial charge is 0.490 e. The Morgan fingerprint density at radius 2 is 2.00 bits per heavy atom. The maximum absolute atomic E-state index is 12.2. The Balaban J connectivity index is 3.17. The van der Waals surface area contributed by atoms with Gasteiger partial charge in [0.1, 0.15) is 5.56 Å². The van der Waals surface area contributed by atoms with E-state index in [1.807, 2.05) is 19.0 Å². The minimum atomic E-state index is -3.53. The summed E-state index contributed by atoms with van der Waals surface area (Å²) in [5.74, 6) is -0.404. The first-order valence-corrected chi connectivity index (χ1v) is 10.1. The molecular weight excluding hydrogens is 400 g/mol. The van der Waals surface area contributed by atoms with Gasteiger partial charge in [-0.3, -0.25) is 4.72 Å². The molecule has 24 heavy (non-hydrogen) atoms. The van der Waals surface area contributed by atoms with Gasteiger partial charge in [0.15, 0.2) is 5.75 Å². The molecule has 1 aromatic carbocycles. The van der Waals surface area contributed by atoms with E-state index in [1.54, 1.807) is 19.1 Å². The van der Waals surface area contributed by atoms with Gasteiger partial charge in [-0.25, -0.2) is 13.2 Å². The SMILES string of the molecule is CCOC(=O)c1cc(Br)cc(NS(C)(=O)=O)c1OCCCN(C)C. The standard InChI is InChI=1S/C15H23BrN2O5S/c1-5-22-15(19)12-9-11(16)10-13(17-24(4,20)21)14(12)23-8-6-7-18(2)3/h9-10,17H,5-8H2,1-4H3. The molecule has 1 rings (SSSR count). The lowest BCUT2D eigenvalue weighted by Crippen LogP contribution is -2.18. The average molecular weight is 423 g/mol. The molecule has 0 spiro atoms. The number of anilines is 1. The fourth-order valence-electron chi connectivity index (χ4n) is 1.94. The molecule has 7 nitrogen and oxygen atoms in total. The molecule has 0 aromatic heterocycles. The second-order valence-corrected chi connectivity index (χ2v) is 8.09. The molecule has 1 N–H and O–H groups in total. The molecular formula is C15H23BrN2O5S. The molecule has 136 valence electrons. The molecule has 0 fully saturated rings. The molecule has 0 amide bonds. The zero-order valence-electron chi connectivity index (χ0n) is 14.3. The Morgan fingerprint density at radius 3 is 2.54 bits per heavy atom. The van der Waals surface area contributed by atoms with Gasteiger partial charge in [0, 0.05) is 11.0 Å². The van der Waals surface area contributed by atoms with Crippen molar-refractivity contribution in [3.63, 3.8) is 0 Å². The highest BCUT2D eigenvalue weighted by Crippen LogP contribution is 2.34. The molecule has 0 bridgehead atoms. The van der Waals surface area contributed by atoms with Crippen LogP contribution in [0.1, 0.15) is 23.7 Å². The van der Waals surface area contributed by atoms with E-state index in [0.717, 1.165) is 19.2 Å². The topological polar surface area (TPSA) is 84.9 Å². The third-order valence-corrected chi connectivity index (χ3v) is 3.89. The van der Waals surface area contributed by atoms with E-state index in [4.69, 9.17) is 9.47 Å². The van der Waals surface area contributed by atoms with Crippen molar-refractivity contribution in [1.29, 1.82) is 0 Å². The Bertz CT molecular complexity index is 677. The molecule has 0 saturated heterocycles. The summed E-state index contributed by atoms with van der Waals surface area (Å²) in [6, 6.07) is 3.10. The number of carbonyl (C=O) groups excluding carboxylic acids is 1. The maximum atomic E-state index is 12.2. The van der Waals surface area contributed by atoms with E-state index in [-0.39, 0.29) is 23.6 Å². The summed E-state index contributed by atoms with van der Waals surface area (Å²) in [5.41, 5.74) is 0.363. The number of benzene rings is 1. The third kappa shape index (κ3) is 7.06. The number of carbonyl (C=O) groups is 1. The first-order chi connectivity index (χ1) is 11.1. The molecule has 0 saturated carbocycles. The Kier molecular flexibility index (Phi) is 7.98. The second-order valence-electron chi connectivity index (χ2n) is 5.43. The number of nitrogens with one attached hydrogen (secondary N) is 1. The lowest BCUT2D eigenvalue weighted by atomic mass is 10.1. The van der Waals surface area contributed by atoms with Crippen LogP contribution < -0.4 is 9.46 Å². The number of ether oxygens (including phenoxy) is 2. The lowest BCUT2D eigenvalue weighted by Gasteiger charge is -2.17. The van der Waals surface area contributed by atoms with Crippen molar-refractivity contribution >= 4 is 37.6 Å². The van der Waals surface area contributed by atoms with Crippen molar-refractivity contribution in [2.75, 3.05) is 44.8 Å². The van der Waals surface area contributed by atoms with Gasteiger partial charge in [0.2, 0.25) is 10.0 Å². The van der Waals surface area contributed by atoms with Crippen LogP contribution in [0.5, 0.6) is 5.75 Å². The average Bonchev–Trinajstić information content (AvgIpc) is 2.43. The van der Waals surface area contributed by atoms with Crippen LogP contribution in [0.15, 0.2) is 16.6 Å². The normalized spacial score (nSPS) is 11.4. The van der Waals surface area contributed by atoms with E-state index < -0.39 is 16.0 Å². The van der Waals surface area contributed by atoms with Gasteiger partial charge in [0.05, 0.1) is 25.2 Å². The summed E-state index contributed by atoms with van der Waals surface area (Å²) in [5, 5.41) is 0. The summed E-state index contributed by atoms with van der Waals surface area (Å²) in [4.78, 5) is 14.2. The Hall–Kier alpha value is -1.32. The highest BCUT2D eigenvalue weighted by atomic mass is 79.9. The van der Waals surface area contributed by atoms with Gasteiger partial charge in [-0.05, 0) is 39.6 Å². The fourth-order valence-corrected chi connectivity index (χ4v) is 2.95. The zero-order chi connectivity index (χ0) is 18.3. The van der Waals surface area contributed by atoms with Crippen LogP contribution >= 0.6 is 15.9 Å². The van der Waals surface area contributed by atoms with Crippen molar-refractivity contribution < 1.29 is 22.7 Å². The van der Waals surface area contributed by atoms with Crippen LogP contribution in [-0.4, -0.2) is 59.4 Å². The molecule has 0 aliphatic heterocycles. The van der Waals surface area contributed by atoms with E-state index in [0.29, 0.717) is 11.1 Å². The van der Waals surface area contributed by atoms with Crippen molar-refractivity contribution in [3.8, 4) is 5.75 Å². The predicted octanol–water partition coefficient (Wildman–Crippen LogP) is 2.33. The van der Waals surface area contributed by atoms with Crippen LogP contribution in [0.2, 0.25) is 0 Å². The molecule has 0 atom stereocenters. The van der Waals surface area contributed by atoms with Gasteiger partial charge in [-0.1, -0.05) is 15.9 Å². The fraction of sp³-hybridized carbons (Fsp3) is 0.533. The predicted molar refractivity (Wildman–Crippen MR) is 97.2 cm³/mol. The highest BCUT2D eigenvalue weighted by Gasteiger charge is 2.21. The monoisotopic (exact) mass is 422 g/mol. The number of esters is 1. The molecule has 0 aliphatic rings. The minimum absolute atomic E-state index is 0.167. The van der Waals surface area contributed by atoms with Crippen molar-refractivity contribution in [2.24, 2.45) is 0 Å². The van der Waals surface area contributed by atoms with Gasteiger partial charge in [-0.2, -0.15) is 0 Å². The maximum Gasteiger partial charge on any atom is 0.342 e. The number of hydrogen-bond donors (Lipinski definition) is 1. The van der Waals surface area contributed by atoms with Gasteiger partial charge < -0.3 is 14.4 Å². The molecule has 0 radical (unpaired) electrons. The molecule has 0 heterocycles. The minimum Gasteiger partial charge on any atom is -0.490 e. The summed E-state index contributed by atoms with van der Waals surface area (Å²) < 4.78 is 36.8. The van der Waals surface area contributed by atoms with E-state index >= 15 is 0 Å². The summed E-state index contributed by atoms with van der Waals surface area (Å²) in [7, 11) is 0.363. The lowest BCUT2D eigenvalue weighted by molar-refractivity contribution is 0.0521. The quantitative estimate of drug-likeness (QED) is 0.485. The van der Waals surface area contributed by atoms with Crippen molar-refractivity contribution in [3.05, 3.63) is 22.2 Å². The van der Waals surface area contributed by atoms with E-state index in [2.05, 4.69) is 20.7 Å².